The van der Waals surface area contributed by atoms with Crippen molar-refractivity contribution in [3.8, 4) is 0 Å². The van der Waals surface area contributed by atoms with Gasteiger partial charge in [0, 0.05) is 24.8 Å². The first-order valence-electron chi connectivity index (χ1n) is 5.21. The van der Waals surface area contributed by atoms with Gasteiger partial charge in [0.25, 0.3) is 0 Å². The molecule has 1 fully saturated rings. The lowest BCUT2D eigenvalue weighted by Crippen LogP contribution is -2.26. The normalized spacial score (nSPS) is 29.5. The first-order valence-corrected chi connectivity index (χ1v) is 5.21. The zero-order valence-electron chi connectivity index (χ0n) is 8.71. The molecule has 3 N–H and O–H groups in total. The molecule has 88 valence electrons. The van der Waals surface area contributed by atoms with Crippen LogP contribution in [0.4, 0.5) is 10.2 Å². The van der Waals surface area contributed by atoms with Crippen molar-refractivity contribution in [3.05, 3.63) is 22.7 Å². The lowest BCUT2D eigenvalue weighted by Gasteiger charge is -2.12. The van der Waals surface area contributed by atoms with Crippen LogP contribution in [0.5, 0.6) is 0 Å². The monoisotopic (exact) mass is 227 g/mol. The van der Waals surface area contributed by atoms with E-state index in [1.807, 2.05) is 0 Å². The van der Waals surface area contributed by atoms with E-state index >= 15 is 0 Å². The van der Waals surface area contributed by atoms with Crippen LogP contribution in [0.3, 0.4) is 0 Å². The fraction of sp³-hybridized carbons (Fsp3) is 0.600. The molecule has 1 aromatic heterocycles. The van der Waals surface area contributed by atoms with Crippen molar-refractivity contribution in [2.45, 2.75) is 25.1 Å². The van der Waals surface area contributed by atoms with Gasteiger partial charge in [-0.2, -0.15) is 4.98 Å². The van der Waals surface area contributed by atoms with Crippen LogP contribution in [0.1, 0.15) is 18.9 Å². The van der Waals surface area contributed by atoms with Crippen LogP contribution in [0.15, 0.2) is 17.1 Å². The van der Waals surface area contributed by atoms with Gasteiger partial charge in [-0.3, -0.25) is 4.57 Å². The topological polar surface area (TPSA) is 81.1 Å². The molecule has 2 rings (SSSR count). The van der Waals surface area contributed by atoms with E-state index in [9.17, 15) is 9.18 Å². The van der Waals surface area contributed by atoms with Gasteiger partial charge in [-0.25, -0.2) is 9.18 Å². The number of rotatable bonds is 2. The smallest absolute Gasteiger partial charge is 0.349 e. The third-order valence-electron chi connectivity index (χ3n) is 3.06. The number of nitrogens with two attached hydrogens (primary N) is 1. The Morgan fingerprint density at radius 2 is 2.38 bits per heavy atom. The third kappa shape index (κ3) is 1.92. The minimum Gasteiger partial charge on any atom is -0.396 e. The van der Waals surface area contributed by atoms with Gasteiger partial charge in [0.1, 0.15) is 12.0 Å². The molecule has 0 unspecified atom stereocenters. The molecule has 3 atom stereocenters. The van der Waals surface area contributed by atoms with Gasteiger partial charge < -0.3 is 10.8 Å². The third-order valence-corrected chi connectivity index (χ3v) is 3.06. The summed E-state index contributed by atoms with van der Waals surface area (Å²) in [6.45, 7) is -0.186. The second-order valence-electron chi connectivity index (χ2n) is 4.13. The lowest BCUT2D eigenvalue weighted by molar-refractivity contribution is 0.162. The Hall–Kier alpha value is -1.43. The molecule has 1 saturated carbocycles. The van der Waals surface area contributed by atoms with Crippen LogP contribution < -0.4 is 11.4 Å². The Labute approximate surface area is 91.7 Å². The van der Waals surface area contributed by atoms with Crippen molar-refractivity contribution in [1.82, 2.24) is 9.55 Å². The lowest BCUT2D eigenvalue weighted by atomic mass is 10.1. The fourth-order valence-electron chi connectivity index (χ4n) is 2.17. The van der Waals surface area contributed by atoms with E-state index in [2.05, 4.69) is 4.98 Å². The number of hydrogen-bond acceptors (Lipinski definition) is 4. The van der Waals surface area contributed by atoms with Crippen LogP contribution in [-0.4, -0.2) is 27.4 Å². The predicted octanol–water partition coefficient (Wildman–Crippen LogP) is 0.107. The van der Waals surface area contributed by atoms with Gasteiger partial charge in [0.2, 0.25) is 0 Å². The van der Waals surface area contributed by atoms with Crippen LogP contribution in [-0.2, 0) is 0 Å². The summed E-state index contributed by atoms with van der Waals surface area (Å²) in [4.78, 5) is 15.1. The first-order chi connectivity index (χ1) is 7.61. The molecule has 0 amide bonds. The molecular weight excluding hydrogens is 213 g/mol. The van der Waals surface area contributed by atoms with Crippen molar-refractivity contribution in [2.75, 3.05) is 12.3 Å². The summed E-state index contributed by atoms with van der Waals surface area (Å²) < 4.78 is 14.8. The number of hydrogen-bond donors (Lipinski definition) is 2. The number of aromatic nitrogens is 2. The summed E-state index contributed by atoms with van der Waals surface area (Å²) in [7, 11) is 0. The molecule has 1 heterocycles. The number of nitrogens with zero attached hydrogens (tertiary/aromatic N) is 2. The Kier molecular flexibility index (Phi) is 2.91. The molecule has 0 saturated heterocycles. The van der Waals surface area contributed by atoms with Gasteiger partial charge in [-0.15, -0.1) is 0 Å². The molecule has 1 aliphatic rings. The zero-order valence-corrected chi connectivity index (χ0v) is 8.71. The average molecular weight is 227 g/mol. The molecule has 0 bridgehead atoms. The van der Waals surface area contributed by atoms with Crippen LogP contribution in [0, 0.1) is 5.92 Å². The van der Waals surface area contributed by atoms with Gasteiger partial charge in [-0.1, -0.05) is 0 Å². The summed E-state index contributed by atoms with van der Waals surface area (Å²) in [6, 6.07) is 1.29. The van der Waals surface area contributed by atoms with Crippen molar-refractivity contribution >= 4 is 5.82 Å². The number of anilines is 1. The number of alkyl halides is 1. The number of aliphatic hydroxyl groups excluding tert-OH is 1. The van der Waals surface area contributed by atoms with Crippen molar-refractivity contribution in [1.29, 1.82) is 0 Å². The molecule has 1 aromatic rings. The first kappa shape index (κ1) is 11.1. The molecule has 5 nitrogen and oxygen atoms in total. The summed E-state index contributed by atoms with van der Waals surface area (Å²) in [6.07, 6.45) is 1.18. The highest BCUT2D eigenvalue weighted by Gasteiger charge is 2.35. The highest BCUT2D eigenvalue weighted by Crippen LogP contribution is 2.35. The summed E-state index contributed by atoms with van der Waals surface area (Å²) in [5, 5.41) is 8.95. The highest BCUT2D eigenvalue weighted by atomic mass is 19.1. The van der Waals surface area contributed by atoms with Gasteiger partial charge >= 0.3 is 5.69 Å². The average Bonchev–Trinajstić information content (AvgIpc) is 2.59. The molecule has 0 aromatic carbocycles. The van der Waals surface area contributed by atoms with E-state index in [-0.39, 0.29) is 30.8 Å². The van der Waals surface area contributed by atoms with Crippen molar-refractivity contribution in [3.63, 3.8) is 0 Å². The van der Waals surface area contributed by atoms with Crippen LogP contribution in [0.2, 0.25) is 0 Å². The zero-order chi connectivity index (χ0) is 11.7. The Morgan fingerprint density at radius 1 is 1.62 bits per heavy atom. The maximum Gasteiger partial charge on any atom is 0.349 e. The molecule has 0 aliphatic heterocycles. The molecular formula is C10H14FN3O2. The van der Waals surface area contributed by atoms with Gasteiger partial charge in [0.05, 0.1) is 0 Å². The van der Waals surface area contributed by atoms with Gasteiger partial charge in [0.15, 0.2) is 0 Å². The van der Waals surface area contributed by atoms with Crippen LogP contribution in [0.25, 0.3) is 0 Å². The van der Waals surface area contributed by atoms with E-state index in [1.165, 1.54) is 16.8 Å². The second kappa shape index (κ2) is 4.21. The van der Waals surface area contributed by atoms with E-state index in [4.69, 9.17) is 10.8 Å². The SMILES string of the molecule is Nc1ccn([C@@H]2C[C@H](CO)[C@@H](F)C2)c(=O)n1. The largest absolute Gasteiger partial charge is 0.396 e. The molecule has 6 heteroatoms. The fourth-order valence-corrected chi connectivity index (χ4v) is 2.17. The van der Waals surface area contributed by atoms with E-state index in [0.29, 0.717) is 6.42 Å². The molecule has 0 spiro atoms. The minimum atomic E-state index is -1.06. The Balaban J connectivity index is 2.23. The maximum atomic E-state index is 13.4. The molecule has 0 radical (unpaired) electrons. The van der Waals surface area contributed by atoms with Crippen molar-refractivity contribution in [2.24, 2.45) is 5.92 Å². The van der Waals surface area contributed by atoms with Crippen LogP contribution >= 0.6 is 0 Å². The summed E-state index contributed by atoms with van der Waals surface area (Å²) in [5.41, 5.74) is 4.91. The number of halogens is 1. The quantitative estimate of drug-likeness (QED) is 0.751. The highest BCUT2D eigenvalue weighted by molar-refractivity contribution is 5.23. The predicted molar refractivity (Wildman–Crippen MR) is 56.7 cm³/mol. The van der Waals surface area contributed by atoms with Crippen molar-refractivity contribution < 1.29 is 9.50 Å². The Morgan fingerprint density at radius 3 is 2.94 bits per heavy atom. The van der Waals surface area contributed by atoms with E-state index in [0.717, 1.165) is 0 Å². The van der Waals surface area contributed by atoms with E-state index < -0.39 is 11.9 Å². The standard InChI is InChI=1S/C10H14FN3O2/c11-8-4-7(3-6(8)5-15)14-2-1-9(12)13-10(14)16/h1-2,6-8,15H,3-5H2,(H2,12,13,16)/t6-,7-,8+/m1/s1. The molecule has 16 heavy (non-hydrogen) atoms. The minimum absolute atomic E-state index is 0.162. The summed E-state index contributed by atoms with van der Waals surface area (Å²) in [5.74, 6) is -0.218. The number of nitrogen functional groups attached to an aromatic ring is 1. The van der Waals surface area contributed by atoms with Gasteiger partial charge in [-0.05, 0) is 18.9 Å². The second-order valence-corrected chi connectivity index (χ2v) is 4.13. The van der Waals surface area contributed by atoms with E-state index in [1.54, 1.807) is 0 Å². The maximum absolute atomic E-state index is 13.4. The molecule has 1 aliphatic carbocycles. The summed E-state index contributed by atoms with van der Waals surface area (Å²) >= 11 is 0. The number of aliphatic hydroxyl groups is 1. The Bertz CT molecular complexity index is 434.